The zero-order valence-electron chi connectivity index (χ0n) is 12.0. The number of piperidine rings is 1. The second-order valence-corrected chi connectivity index (χ2v) is 7.18. The molecule has 0 atom stereocenters. The molecule has 0 aliphatic carbocycles. The van der Waals surface area contributed by atoms with Crippen LogP contribution in [0.15, 0.2) is 29.2 Å². The Morgan fingerprint density at radius 3 is 2.30 bits per heavy atom. The topological polar surface area (TPSA) is 60.9 Å². The molecule has 0 unspecified atom stereocenters. The average Bonchev–Trinajstić information content (AvgIpc) is 2.47. The highest BCUT2D eigenvalue weighted by Crippen LogP contribution is 2.23. The maximum Gasteiger partial charge on any atom is 0.243 e. The molecule has 1 aliphatic heterocycles. The Balaban J connectivity index is 2.11. The average molecular weight is 298 g/mol. The number of hydrogen-bond acceptors (Lipinski definition) is 4. The molecule has 2 rings (SSSR count). The van der Waals surface area contributed by atoms with Crippen molar-refractivity contribution in [2.45, 2.75) is 30.7 Å². The van der Waals surface area contributed by atoms with Gasteiger partial charge in [0.2, 0.25) is 10.0 Å². The number of phenolic OH excluding ortho intramolecular Hbond substituents is 1. The van der Waals surface area contributed by atoms with Gasteiger partial charge in [-0.2, -0.15) is 4.31 Å². The van der Waals surface area contributed by atoms with Crippen LogP contribution in [0.5, 0.6) is 5.75 Å². The van der Waals surface area contributed by atoms with Gasteiger partial charge in [0.05, 0.1) is 4.90 Å². The van der Waals surface area contributed by atoms with Crippen molar-refractivity contribution in [1.82, 2.24) is 9.21 Å². The second-order valence-electron chi connectivity index (χ2n) is 5.18. The van der Waals surface area contributed by atoms with E-state index in [0.29, 0.717) is 0 Å². The molecule has 1 aromatic rings. The van der Waals surface area contributed by atoms with Gasteiger partial charge in [-0.05, 0) is 56.7 Å². The fourth-order valence-corrected chi connectivity index (χ4v) is 4.00. The van der Waals surface area contributed by atoms with Crippen molar-refractivity contribution < 1.29 is 13.5 Å². The Hall–Kier alpha value is -1.11. The minimum atomic E-state index is -3.48. The number of aromatic hydroxyl groups is 1. The normalized spacial score (nSPS) is 18.6. The van der Waals surface area contributed by atoms with E-state index in [1.54, 1.807) is 7.05 Å². The molecule has 20 heavy (non-hydrogen) atoms. The Bertz CT molecular complexity index is 534. The van der Waals surface area contributed by atoms with Crippen LogP contribution in [-0.4, -0.2) is 55.5 Å². The number of phenols is 1. The molecule has 0 radical (unpaired) electrons. The van der Waals surface area contributed by atoms with Gasteiger partial charge in [0.15, 0.2) is 0 Å². The third kappa shape index (κ3) is 3.13. The summed E-state index contributed by atoms with van der Waals surface area (Å²) in [4.78, 5) is 2.56. The van der Waals surface area contributed by atoms with Gasteiger partial charge in [-0.25, -0.2) is 8.42 Å². The lowest BCUT2D eigenvalue weighted by atomic mass is 10.1. The lowest BCUT2D eigenvalue weighted by Gasteiger charge is -2.35. The summed E-state index contributed by atoms with van der Waals surface area (Å²) in [5.41, 5.74) is 0. The first-order valence-corrected chi connectivity index (χ1v) is 8.38. The Labute approximate surface area is 120 Å². The SMILES string of the molecule is CCN1CCC(N(C)S(=O)(=O)c2ccc(O)cc2)CC1. The summed E-state index contributed by atoms with van der Waals surface area (Å²) >= 11 is 0. The van der Waals surface area contributed by atoms with E-state index >= 15 is 0 Å². The summed E-state index contributed by atoms with van der Waals surface area (Å²) in [5, 5.41) is 9.25. The van der Waals surface area contributed by atoms with Gasteiger partial charge < -0.3 is 10.0 Å². The highest BCUT2D eigenvalue weighted by molar-refractivity contribution is 7.89. The second kappa shape index (κ2) is 6.11. The molecule has 1 heterocycles. The first-order valence-electron chi connectivity index (χ1n) is 6.94. The maximum absolute atomic E-state index is 12.5. The van der Waals surface area contributed by atoms with E-state index < -0.39 is 10.0 Å². The number of hydrogen-bond donors (Lipinski definition) is 1. The van der Waals surface area contributed by atoms with E-state index in [1.807, 2.05) is 0 Å². The number of benzene rings is 1. The summed E-state index contributed by atoms with van der Waals surface area (Å²) < 4.78 is 26.5. The van der Waals surface area contributed by atoms with Crippen LogP contribution in [0.4, 0.5) is 0 Å². The van der Waals surface area contributed by atoms with Crippen molar-refractivity contribution in [3.8, 4) is 5.75 Å². The van der Waals surface area contributed by atoms with Crippen LogP contribution >= 0.6 is 0 Å². The van der Waals surface area contributed by atoms with Gasteiger partial charge in [-0.3, -0.25) is 0 Å². The molecular formula is C14H22N2O3S. The molecule has 0 spiro atoms. The fourth-order valence-electron chi connectivity index (χ4n) is 2.58. The lowest BCUT2D eigenvalue weighted by Crippen LogP contribution is -2.45. The molecule has 1 N–H and O–H groups in total. The summed E-state index contributed by atoms with van der Waals surface area (Å²) in [6, 6.07) is 5.75. The molecule has 5 nitrogen and oxygen atoms in total. The van der Waals surface area contributed by atoms with Crippen molar-refractivity contribution in [3.63, 3.8) is 0 Å². The predicted molar refractivity (Wildman–Crippen MR) is 78.2 cm³/mol. The fraction of sp³-hybridized carbons (Fsp3) is 0.571. The summed E-state index contributed by atoms with van der Waals surface area (Å²) in [7, 11) is -1.83. The van der Waals surface area contributed by atoms with Crippen LogP contribution in [-0.2, 0) is 10.0 Å². The summed E-state index contributed by atoms with van der Waals surface area (Å²) in [6.07, 6.45) is 1.73. The minimum absolute atomic E-state index is 0.0524. The number of likely N-dealkylation sites (tertiary alicyclic amines) is 1. The van der Waals surface area contributed by atoms with Crippen molar-refractivity contribution in [2.24, 2.45) is 0 Å². The zero-order valence-corrected chi connectivity index (χ0v) is 12.8. The van der Waals surface area contributed by atoms with E-state index in [1.165, 1.54) is 28.6 Å². The molecule has 6 heteroatoms. The molecule has 1 aliphatic rings. The van der Waals surface area contributed by atoms with Crippen molar-refractivity contribution in [3.05, 3.63) is 24.3 Å². The molecule has 0 bridgehead atoms. The van der Waals surface area contributed by atoms with E-state index in [0.717, 1.165) is 32.5 Å². The smallest absolute Gasteiger partial charge is 0.243 e. The van der Waals surface area contributed by atoms with Crippen molar-refractivity contribution >= 4 is 10.0 Å². The Morgan fingerprint density at radius 1 is 1.25 bits per heavy atom. The number of sulfonamides is 1. The van der Waals surface area contributed by atoms with Crippen LogP contribution in [0.25, 0.3) is 0 Å². The van der Waals surface area contributed by atoms with E-state index in [9.17, 15) is 13.5 Å². The molecule has 0 amide bonds. The van der Waals surface area contributed by atoms with Crippen molar-refractivity contribution in [2.75, 3.05) is 26.7 Å². The summed E-state index contributed by atoms with van der Waals surface area (Å²) in [5.74, 6) is 0.0721. The van der Waals surface area contributed by atoms with Crippen LogP contribution in [0, 0.1) is 0 Å². The maximum atomic E-state index is 12.5. The van der Waals surface area contributed by atoms with Gasteiger partial charge in [-0.1, -0.05) is 6.92 Å². The van der Waals surface area contributed by atoms with Crippen LogP contribution in [0.1, 0.15) is 19.8 Å². The monoisotopic (exact) mass is 298 g/mol. The minimum Gasteiger partial charge on any atom is -0.508 e. The third-order valence-corrected chi connectivity index (χ3v) is 5.96. The zero-order chi connectivity index (χ0) is 14.8. The molecular weight excluding hydrogens is 276 g/mol. The Morgan fingerprint density at radius 2 is 1.80 bits per heavy atom. The first-order chi connectivity index (χ1) is 9.45. The molecule has 0 aromatic heterocycles. The number of rotatable bonds is 4. The lowest BCUT2D eigenvalue weighted by molar-refractivity contribution is 0.176. The first kappa shape index (κ1) is 15.3. The quantitative estimate of drug-likeness (QED) is 0.915. The van der Waals surface area contributed by atoms with E-state index in [-0.39, 0.29) is 16.7 Å². The van der Waals surface area contributed by atoms with Crippen LogP contribution < -0.4 is 0 Å². The van der Waals surface area contributed by atoms with Crippen LogP contribution in [0.3, 0.4) is 0 Å². The van der Waals surface area contributed by atoms with E-state index in [2.05, 4.69) is 11.8 Å². The number of nitrogens with zero attached hydrogens (tertiary/aromatic N) is 2. The van der Waals surface area contributed by atoms with Crippen LogP contribution in [0.2, 0.25) is 0 Å². The highest BCUT2D eigenvalue weighted by Gasteiger charge is 2.30. The highest BCUT2D eigenvalue weighted by atomic mass is 32.2. The van der Waals surface area contributed by atoms with Gasteiger partial charge in [-0.15, -0.1) is 0 Å². The molecule has 1 aromatic carbocycles. The molecule has 0 saturated carbocycles. The van der Waals surface area contributed by atoms with E-state index in [4.69, 9.17) is 0 Å². The predicted octanol–water partition coefficient (Wildman–Crippen LogP) is 1.50. The van der Waals surface area contributed by atoms with Gasteiger partial charge in [0.25, 0.3) is 0 Å². The van der Waals surface area contributed by atoms with Gasteiger partial charge >= 0.3 is 0 Å². The standard InChI is InChI=1S/C14H22N2O3S/c1-3-16-10-8-12(9-11-16)15(2)20(18,19)14-6-4-13(17)5-7-14/h4-7,12,17H,3,8-11H2,1-2H3. The molecule has 1 fully saturated rings. The summed E-state index contributed by atoms with van der Waals surface area (Å²) in [6.45, 7) is 5.02. The van der Waals surface area contributed by atoms with Gasteiger partial charge in [0, 0.05) is 13.1 Å². The largest absolute Gasteiger partial charge is 0.508 e. The van der Waals surface area contributed by atoms with Gasteiger partial charge in [0.1, 0.15) is 5.75 Å². The Kier molecular flexibility index (Phi) is 4.67. The molecule has 1 saturated heterocycles. The molecule has 112 valence electrons. The van der Waals surface area contributed by atoms with Crippen molar-refractivity contribution in [1.29, 1.82) is 0 Å². The third-order valence-electron chi connectivity index (χ3n) is 4.03.